The molecule has 8 rings (SSSR count). The Kier molecular flexibility index (Phi) is 25.1. The largest absolute Gasteiger partial charge is 0.462 e. The van der Waals surface area contributed by atoms with Gasteiger partial charge < -0.3 is 47.3 Å². The normalized spacial score (nSPS) is 10.2. The fraction of sp³-hybridized carbons (Fsp3) is 0.0526. The highest BCUT2D eigenvalue weighted by Crippen LogP contribution is 2.30. The van der Waals surface area contributed by atoms with Gasteiger partial charge in [-0.1, -0.05) is 58.0 Å². The number of nitriles is 1. The highest BCUT2D eigenvalue weighted by molar-refractivity contribution is 9.10. The van der Waals surface area contributed by atoms with Crippen molar-refractivity contribution >= 4 is 150 Å². The fourth-order valence-electron chi connectivity index (χ4n) is 6.22. The minimum absolute atomic E-state index is 0.169. The molecule has 25 heteroatoms. The molecule has 0 heterocycles. The van der Waals surface area contributed by atoms with Gasteiger partial charge in [0.1, 0.15) is 5.82 Å². The fourth-order valence-corrected chi connectivity index (χ4v) is 7.28. The van der Waals surface area contributed by atoms with Crippen LogP contribution in [0.4, 0.5) is 82.2 Å². The van der Waals surface area contributed by atoms with Crippen molar-refractivity contribution in [1.82, 2.24) is 0 Å². The first-order chi connectivity index (χ1) is 39.0. The summed E-state index contributed by atoms with van der Waals surface area (Å²) >= 11 is 32.5. The Labute approximate surface area is 500 Å². The third-order valence-electron chi connectivity index (χ3n) is 10.1. The molecule has 0 aliphatic rings. The summed E-state index contributed by atoms with van der Waals surface area (Å²) in [6.45, 7) is 1.94. The number of alkyl halides is 3. The van der Waals surface area contributed by atoms with E-state index in [-0.39, 0.29) is 34.9 Å². The molecule has 0 atom stereocenters. The number of ether oxygens (including phenoxy) is 1. The highest BCUT2D eigenvalue weighted by atomic mass is 79.9. The van der Waals surface area contributed by atoms with Crippen molar-refractivity contribution in [2.75, 3.05) is 49.1 Å². The molecule has 8 amide bonds. The maximum absolute atomic E-state index is 12.8. The van der Waals surface area contributed by atoms with E-state index in [1.165, 1.54) is 54.6 Å². The van der Waals surface area contributed by atoms with Crippen LogP contribution >= 0.6 is 73.9 Å². The summed E-state index contributed by atoms with van der Waals surface area (Å²) < 4.78 is 55.6. The molecular formula is C57H43BrCl5F4N9O6. The number of anilines is 8. The number of hydrogen-bond acceptors (Lipinski definition) is 7. The van der Waals surface area contributed by atoms with Crippen molar-refractivity contribution < 1.29 is 46.3 Å². The Morgan fingerprint density at radius 3 is 1.10 bits per heavy atom. The minimum atomic E-state index is -4.40. The lowest BCUT2D eigenvalue weighted by Gasteiger charge is -2.10. The average molecular weight is 1280 g/mol. The van der Waals surface area contributed by atoms with Crippen molar-refractivity contribution in [2.45, 2.75) is 13.1 Å². The summed E-state index contributed by atoms with van der Waals surface area (Å²) in [5.41, 5.74) is 4.15. The second-order valence-electron chi connectivity index (χ2n) is 16.2. The second-order valence-corrected chi connectivity index (χ2v) is 19.1. The van der Waals surface area contributed by atoms with E-state index in [4.69, 9.17) is 68.0 Å². The zero-order valence-electron chi connectivity index (χ0n) is 42.2. The molecule has 15 nitrogen and oxygen atoms in total. The van der Waals surface area contributed by atoms with Gasteiger partial charge in [-0.15, -0.1) is 0 Å². The van der Waals surface area contributed by atoms with Crippen molar-refractivity contribution in [3.8, 4) is 6.07 Å². The third kappa shape index (κ3) is 22.9. The molecule has 0 unspecified atom stereocenters. The van der Waals surface area contributed by atoms with E-state index in [0.29, 0.717) is 65.5 Å². The smallest absolute Gasteiger partial charge is 0.416 e. The molecule has 8 aromatic rings. The maximum Gasteiger partial charge on any atom is 0.416 e. The quantitative estimate of drug-likeness (QED) is 0.0489. The van der Waals surface area contributed by atoms with Gasteiger partial charge in [0.15, 0.2) is 0 Å². The number of nitrogens with zero attached hydrogens (tertiary/aromatic N) is 1. The number of nitrogens with one attached hydrogen (secondary N) is 8. The van der Waals surface area contributed by atoms with Crippen LogP contribution in [0.3, 0.4) is 0 Å². The molecule has 0 fully saturated rings. The summed E-state index contributed by atoms with van der Waals surface area (Å²) in [4.78, 5) is 58.6. The molecule has 0 aliphatic heterocycles. The van der Waals surface area contributed by atoms with Crippen LogP contribution in [0.1, 0.15) is 28.4 Å². The van der Waals surface area contributed by atoms with Crippen LogP contribution in [0.5, 0.6) is 0 Å². The van der Waals surface area contributed by atoms with Crippen LogP contribution in [0.25, 0.3) is 0 Å². The standard InChI is InChI=1S/C16H14ClFN2O3.C14H10ClF3N2O.C14H10ClN3O.C13H9BrCl2N2O/c1-2-23-15(21)13-8-7-12(9-14(13)17)20-16(22)19-11-5-3-10(18)4-6-11;15-10-3-7-12(8-4-10)20-13(21)19-11-5-1-9(2-6-11)14(16,17)18;15-11-3-7-13(8-4-11)18-14(19)17-12-5-1-10(9-16)2-6-12;14-11-6-5-10(7-12(11)16)18-13(19)17-9-3-1-8(15)2-4-9/h3-9H,2H2,1H3,(H2,19,20,22);1-8H,(H2,19,20,21);1-8H,(H2,17,18,19);1-7H,(H2,17,18,19). The predicted octanol–water partition coefficient (Wildman–Crippen LogP) is 18.6. The van der Waals surface area contributed by atoms with E-state index in [1.807, 2.05) is 6.07 Å². The minimum Gasteiger partial charge on any atom is -0.462 e. The van der Waals surface area contributed by atoms with Gasteiger partial charge in [0, 0.05) is 65.0 Å². The predicted molar refractivity (Wildman–Crippen MR) is 320 cm³/mol. The van der Waals surface area contributed by atoms with Crippen LogP contribution in [-0.2, 0) is 10.9 Å². The molecular weight excluding hydrogens is 1240 g/mol. The number of carbonyl (C=O) groups is 5. The topological polar surface area (TPSA) is 215 Å². The van der Waals surface area contributed by atoms with Gasteiger partial charge >= 0.3 is 36.3 Å². The van der Waals surface area contributed by atoms with Crippen molar-refractivity contribution in [3.05, 3.63) is 234 Å². The Bertz CT molecular complexity index is 3500. The lowest BCUT2D eigenvalue weighted by molar-refractivity contribution is -0.137. The van der Waals surface area contributed by atoms with Crippen LogP contribution in [0, 0.1) is 17.1 Å². The Balaban J connectivity index is 0.000000201. The maximum atomic E-state index is 12.8. The number of urea groups is 4. The zero-order valence-corrected chi connectivity index (χ0v) is 47.6. The molecule has 82 heavy (non-hydrogen) atoms. The van der Waals surface area contributed by atoms with Crippen molar-refractivity contribution in [2.24, 2.45) is 0 Å². The zero-order chi connectivity index (χ0) is 59.8. The first-order valence-electron chi connectivity index (χ1n) is 23.5. The Hall–Kier alpha value is -8.55. The van der Waals surface area contributed by atoms with E-state index < -0.39 is 35.6 Å². The van der Waals surface area contributed by atoms with Gasteiger partial charge in [-0.05, 0) is 205 Å². The number of amides is 8. The first-order valence-corrected chi connectivity index (χ1v) is 26.2. The van der Waals surface area contributed by atoms with E-state index in [2.05, 4.69) is 58.5 Å². The van der Waals surface area contributed by atoms with Crippen LogP contribution in [0.15, 0.2) is 186 Å². The molecule has 0 spiro atoms. The number of carbonyl (C=O) groups excluding carboxylic acids is 5. The molecule has 0 aromatic heterocycles. The summed E-state index contributed by atoms with van der Waals surface area (Å²) in [5.74, 6) is -0.919. The SMILES string of the molecule is CCOC(=O)c1ccc(NC(=O)Nc2ccc(F)cc2)cc1Cl.N#Cc1ccc(NC(=O)Nc2ccc(Cl)cc2)cc1.O=C(Nc1ccc(Cl)cc1)Nc1ccc(Br)c(Cl)c1.O=C(Nc1ccc(Cl)cc1)Nc1ccc(C(F)(F)F)cc1. The van der Waals surface area contributed by atoms with Crippen LogP contribution in [-0.4, -0.2) is 36.7 Å². The summed E-state index contributed by atoms with van der Waals surface area (Å²) in [7, 11) is 0. The van der Waals surface area contributed by atoms with E-state index in [9.17, 15) is 41.5 Å². The molecule has 0 saturated carbocycles. The van der Waals surface area contributed by atoms with Crippen LogP contribution < -0.4 is 42.5 Å². The summed E-state index contributed by atoms with van der Waals surface area (Å²) in [6.07, 6.45) is -4.40. The number of rotatable bonds is 10. The van der Waals surface area contributed by atoms with Gasteiger partial charge in [0.25, 0.3) is 0 Å². The summed E-state index contributed by atoms with van der Waals surface area (Å²) in [6, 6.07) is 46.0. The number of esters is 1. The van der Waals surface area contributed by atoms with Gasteiger partial charge in [0.2, 0.25) is 0 Å². The molecule has 8 N–H and O–H groups in total. The van der Waals surface area contributed by atoms with E-state index >= 15 is 0 Å². The molecule has 0 bridgehead atoms. The monoisotopic (exact) mass is 1280 g/mol. The molecule has 422 valence electrons. The first kappa shape index (κ1) is 64.3. The number of halogens is 10. The Morgan fingerprint density at radius 2 is 0.768 bits per heavy atom. The number of hydrogen-bond donors (Lipinski definition) is 8. The lowest BCUT2D eigenvalue weighted by Crippen LogP contribution is -2.19. The van der Waals surface area contributed by atoms with Crippen molar-refractivity contribution in [3.63, 3.8) is 0 Å². The average Bonchev–Trinajstić information content (AvgIpc) is 3.44. The van der Waals surface area contributed by atoms with Gasteiger partial charge in [-0.3, -0.25) is 0 Å². The third-order valence-corrected chi connectivity index (χ3v) is 12.4. The van der Waals surface area contributed by atoms with Crippen molar-refractivity contribution in [1.29, 1.82) is 5.26 Å². The molecule has 0 saturated heterocycles. The molecule has 0 radical (unpaired) electrons. The highest BCUT2D eigenvalue weighted by Gasteiger charge is 2.30. The molecule has 8 aromatic carbocycles. The van der Waals surface area contributed by atoms with E-state index in [0.717, 1.165) is 16.6 Å². The Morgan fingerprint density at radius 1 is 0.463 bits per heavy atom. The van der Waals surface area contributed by atoms with Crippen LogP contribution in [0.2, 0.25) is 25.1 Å². The summed E-state index contributed by atoms with van der Waals surface area (Å²) in [5, 5.41) is 31.9. The van der Waals surface area contributed by atoms with Gasteiger partial charge in [-0.2, -0.15) is 18.4 Å². The van der Waals surface area contributed by atoms with Gasteiger partial charge in [0.05, 0.1) is 39.4 Å². The lowest BCUT2D eigenvalue weighted by atomic mass is 10.2. The van der Waals surface area contributed by atoms with E-state index in [1.54, 1.807) is 122 Å². The second kappa shape index (κ2) is 32.0. The molecule has 0 aliphatic carbocycles. The number of benzene rings is 8. The van der Waals surface area contributed by atoms with Gasteiger partial charge in [-0.25, -0.2) is 28.4 Å².